The minimum absolute atomic E-state index is 0. The average molecular weight is 561 g/mol. The molecule has 0 aromatic heterocycles. The highest BCUT2D eigenvalue weighted by Gasteiger charge is 2.35. The molecule has 0 unspecified atom stereocenters. The molecule has 214 valence electrons. The Morgan fingerprint density at radius 2 is 1.54 bits per heavy atom. The Kier molecular flexibility index (Phi) is 14.6. The Labute approximate surface area is 236 Å². The molecule has 10 nitrogen and oxygen atoms in total. The van der Waals surface area contributed by atoms with Crippen LogP contribution in [0.25, 0.3) is 0 Å². The Morgan fingerprint density at radius 1 is 0.897 bits per heavy atom. The van der Waals surface area contributed by atoms with Gasteiger partial charge in [0.15, 0.2) is 5.96 Å². The molecule has 39 heavy (non-hydrogen) atoms. The average Bonchev–Trinajstić information content (AvgIpc) is 2.90. The number of aliphatic imine (C=N–C) groups is 1. The second-order valence-electron chi connectivity index (χ2n) is 9.78. The number of amides is 3. The van der Waals surface area contributed by atoms with Gasteiger partial charge in [-0.2, -0.15) is 0 Å². The number of benzene rings is 2. The van der Waals surface area contributed by atoms with Gasteiger partial charge in [-0.15, -0.1) is 12.4 Å². The van der Waals surface area contributed by atoms with Gasteiger partial charge in [0, 0.05) is 19.4 Å². The van der Waals surface area contributed by atoms with Crippen LogP contribution in [0.1, 0.15) is 44.2 Å². The molecule has 0 heterocycles. The largest absolute Gasteiger partial charge is 0.370 e. The topological polar surface area (TPSA) is 172 Å². The van der Waals surface area contributed by atoms with Crippen LogP contribution in [-0.2, 0) is 27.2 Å². The minimum atomic E-state index is -0.863. The first-order valence-corrected chi connectivity index (χ1v) is 12.8. The molecule has 2 aromatic rings. The molecule has 2 rings (SSSR count). The van der Waals surface area contributed by atoms with E-state index in [9.17, 15) is 19.6 Å². The third kappa shape index (κ3) is 11.3. The maximum atomic E-state index is 13.6. The molecule has 3 amide bonds. The molecule has 0 aliphatic rings. The van der Waals surface area contributed by atoms with E-state index in [0.717, 1.165) is 17.5 Å². The van der Waals surface area contributed by atoms with E-state index >= 15 is 0 Å². The first-order valence-electron chi connectivity index (χ1n) is 12.8. The van der Waals surface area contributed by atoms with Gasteiger partial charge < -0.3 is 22.1 Å². The van der Waals surface area contributed by atoms with Crippen LogP contribution in [0.2, 0.25) is 0 Å². The summed E-state index contributed by atoms with van der Waals surface area (Å²) in [5.74, 6) is -2.81. The fourth-order valence-corrected chi connectivity index (χ4v) is 4.48. The third-order valence-corrected chi connectivity index (χ3v) is 6.33. The summed E-state index contributed by atoms with van der Waals surface area (Å²) in [5.41, 5.74) is 15.1. The quantitative estimate of drug-likeness (QED) is 0.0896. The summed E-state index contributed by atoms with van der Waals surface area (Å²) >= 11 is 0. The number of likely N-dealkylation sites (N-methyl/N-ethyl adjacent to an activating group) is 1. The lowest BCUT2D eigenvalue weighted by molar-refractivity contribution is -0.142. The number of nitrogens with zero attached hydrogens (tertiary/aromatic N) is 1. The van der Waals surface area contributed by atoms with Gasteiger partial charge in [-0.1, -0.05) is 56.3 Å². The van der Waals surface area contributed by atoms with E-state index in [1.165, 1.54) is 7.05 Å². The molecule has 0 aliphatic carbocycles. The molecular formula is C28H41ClN6O4. The van der Waals surface area contributed by atoms with E-state index in [0.29, 0.717) is 24.9 Å². The molecule has 0 spiro atoms. The van der Waals surface area contributed by atoms with Crippen LogP contribution in [0.4, 0.5) is 5.69 Å². The van der Waals surface area contributed by atoms with Crippen LogP contribution in [-0.4, -0.2) is 42.0 Å². The molecule has 3 atom stereocenters. The summed E-state index contributed by atoms with van der Waals surface area (Å²) in [5, 5.41) is 14.9. The predicted molar refractivity (Wildman–Crippen MR) is 155 cm³/mol. The van der Waals surface area contributed by atoms with Crippen molar-refractivity contribution in [3.8, 4) is 0 Å². The van der Waals surface area contributed by atoms with Crippen molar-refractivity contribution in [2.24, 2.45) is 34.2 Å². The molecule has 0 radical (unpaired) electrons. The van der Waals surface area contributed by atoms with Crippen LogP contribution in [0.15, 0.2) is 59.6 Å². The van der Waals surface area contributed by atoms with E-state index in [1.54, 1.807) is 29.7 Å². The molecule has 0 saturated heterocycles. The number of rotatable bonds is 14. The number of carbonyl (C=O) groups is 3. The highest BCUT2D eigenvalue weighted by atomic mass is 35.5. The summed E-state index contributed by atoms with van der Waals surface area (Å²) in [6, 6.07) is 16.0. The summed E-state index contributed by atoms with van der Waals surface area (Å²) in [7, 11) is 1.50. The van der Waals surface area contributed by atoms with Gasteiger partial charge in [-0.3, -0.25) is 19.6 Å². The molecule has 11 heteroatoms. The van der Waals surface area contributed by atoms with Gasteiger partial charge in [0.1, 0.15) is 6.04 Å². The van der Waals surface area contributed by atoms with Crippen molar-refractivity contribution in [1.29, 1.82) is 0 Å². The number of nitrogens with two attached hydrogens (primary N) is 2. The van der Waals surface area contributed by atoms with Crippen molar-refractivity contribution < 1.29 is 19.6 Å². The van der Waals surface area contributed by atoms with Gasteiger partial charge in [-0.05, 0) is 54.9 Å². The number of hydroxylamine groups is 1. The SMILES string of the molecule is CNC(=O)[C@H](Cc1ccc(N=C(N)N)cc1)NC(=O)[C@H](CC(C)C)[C@H](CCCc1ccccc1)C(=O)NO.Cl. The molecule has 8 N–H and O–H groups in total. The number of carbonyl (C=O) groups excluding carboxylic acids is 3. The van der Waals surface area contributed by atoms with Crippen molar-refractivity contribution in [2.75, 3.05) is 7.05 Å². The van der Waals surface area contributed by atoms with Gasteiger partial charge in [0.05, 0.1) is 11.6 Å². The van der Waals surface area contributed by atoms with E-state index < -0.39 is 29.7 Å². The van der Waals surface area contributed by atoms with Gasteiger partial charge in [-0.25, -0.2) is 10.5 Å². The molecule has 0 fully saturated rings. The second-order valence-corrected chi connectivity index (χ2v) is 9.78. The zero-order chi connectivity index (χ0) is 28.1. The fourth-order valence-electron chi connectivity index (χ4n) is 4.48. The predicted octanol–water partition coefficient (Wildman–Crippen LogP) is 2.59. The van der Waals surface area contributed by atoms with Crippen molar-refractivity contribution in [3.63, 3.8) is 0 Å². The van der Waals surface area contributed by atoms with Crippen molar-refractivity contribution >= 4 is 41.8 Å². The normalized spacial score (nSPS) is 12.8. The van der Waals surface area contributed by atoms with Crippen LogP contribution in [0.3, 0.4) is 0 Å². The van der Waals surface area contributed by atoms with Crippen LogP contribution >= 0.6 is 12.4 Å². The van der Waals surface area contributed by atoms with E-state index in [1.807, 2.05) is 44.2 Å². The lowest BCUT2D eigenvalue weighted by Crippen LogP contribution is -2.51. The van der Waals surface area contributed by atoms with Crippen molar-refractivity contribution in [3.05, 3.63) is 65.7 Å². The molecule has 0 saturated carbocycles. The zero-order valence-corrected chi connectivity index (χ0v) is 23.5. The Bertz CT molecular complexity index is 1080. The maximum Gasteiger partial charge on any atom is 0.247 e. The molecule has 2 aromatic carbocycles. The Morgan fingerprint density at radius 3 is 2.08 bits per heavy atom. The van der Waals surface area contributed by atoms with E-state index in [2.05, 4.69) is 15.6 Å². The highest BCUT2D eigenvalue weighted by Crippen LogP contribution is 2.27. The van der Waals surface area contributed by atoms with Crippen LogP contribution in [0.5, 0.6) is 0 Å². The second kappa shape index (κ2) is 17.1. The number of hydrogen-bond acceptors (Lipinski definition) is 5. The summed E-state index contributed by atoms with van der Waals surface area (Å²) in [6.45, 7) is 3.93. The number of aryl methyl sites for hydroxylation is 1. The van der Waals surface area contributed by atoms with Crippen molar-refractivity contribution in [1.82, 2.24) is 16.1 Å². The molecular weight excluding hydrogens is 520 g/mol. The minimum Gasteiger partial charge on any atom is -0.370 e. The van der Waals surface area contributed by atoms with Gasteiger partial charge in [0.2, 0.25) is 17.7 Å². The van der Waals surface area contributed by atoms with E-state index in [-0.39, 0.29) is 36.6 Å². The van der Waals surface area contributed by atoms with Crippen LogP contribution < -0.4 is 27.6 Å². The summed E-state index contributed by atoms with van der Waals surface area (Å²) in [4.78, 5) is 43.0. The van der Waals surface area contributed by atoms with Crippen molar-refractivity contribution in [2.45, 2.75) is 52.0 Å². The standard InChI is InChI=1S/C28H40N6O4.ClH/c1-18(2)16-23(22(26(36)34-38)11-7-10-19-8-5-4-6-9-19)25(35)33-24(27(37)31-3)17-20-12-14-21(15-13-20)32-28(29)30;/h4-6,8-9,12-15,18,22-24,38H,7,10-11,16-17H2,1-3H3,(H,31,37)(H,33,35)(H,34,36)(H4,29,30,32);1H/t22-,23+,24-;/m0./s1. The molecule has 0 bridgehead atoms. The lowest BCUT2D eigenvalue weighted by atomic mass is 9.80. The maximum absolute atomic E-state index is 13.6. The van der Waals surface area contributed by atoms with Gasteiger partial charge in [0.25, 0.3) is 0 Å². The highest BCUT2D eigenvalue weighted by molar-refractivity contribution is 5.91. The fraction of sp³-hybridized carbons (Fsp3) is 0.429. The number of nitrogens with one attached hydrogen (secondary N) is 3. The third-order valence-electron chi connectivity index (χ3n) is 6.33. The number of hydrogen-bond donors (Lipinski definition) is 6. The monoisotopic (exact) mass is 560 g/mol. The Balaban J connectivity index is 0.00000760. The molecule has 0 aliphatic heterocycles. The number of guanidine groups is 1. The summed E-state index contributed by atoms with van der Waals surface area (Å²) in [6.07, 6.45) is 2.45. The van der Waals surface area contributed by atoms with Gasteiger partial charge >= 0.3 is 0 Å². The first kappa shape index (κ1) is 33.4. The zero-order valence-electron chi connectivity index (χ0n) is 22.7. The van der Waals surface area contributed by atoms with Crippen LogP contribution in [0, 0.1) is 17.8 Å². The smallest absolute Gasteiger partial charge is 0.247 e. The first-order chi connectivity index (χ1) is 18.1. The lowest BCUT2D eigenvalue weighted by Gasteiger charge is -2.28. The summed E-state index contributed by atoms with van der Waals surface area (Å²) < 4.78 is 0. The Hall–Kier alpha value is -3.63. The van der Waals surface area contributed by atoms with E-state index in [4.69, 9.17) is 11.5 Å². The number of halogens is 1.